The molecule has 3 fully saturated rings. The summed E-state index contributed by atoms with van der Waals surface area (Å²) in [5.74, 6) is 2.38. The van der Waals surface area contributed by atoms with E-state index in [1.165, 1.54) is 53.2 Å². The first-order valence-electron chi connectivity index (χ1n) is 12.8. The summed E-state index contributed by atoms with van der Waals surface area (Å²) in [6.45, 7) is 5.43. The van der Waals surface area contributed by atoms with Crippen molar-refractivity contribution in [2.75, 3.05) is 53.0 Å². The molecule has 0 unspecified atom stereocenters. The molecule has 0 spiro atoms. The Morgan fingerprint density at radius 1 is 1.03 bits per heavy atom. The molecule has 1 N–H and O–H groups in total. The van der Waals surface area contributed by atoms with Gasteiger partial charge in [-0.05, 0) is 107 Å². The normalized spacial score (nSPS) is 25.9. The lowest BCUT2D eigenvalue weighted by Crippen LogP contribution is -2.50. The molecule has 1 aromatic rings. The van der Waals surface area contributed by atoms with E-state index in [0.717, 1.165) is 49.7 Å². The van der Waals surface area contributed by atoms with Gasteiger partial charge in [0.15, 0.2) is 0 Å². The van der Waals surface area contributed by atoms with Crippen LogP contribution < -0.4 is 9.46 Å². The van der Waals surface area contributed by atoms with Crippen molar-refractivity contribution in [3.63, 3.8) is 0 Å². The van der Waals surface area contributed by atoms with Crippen molar-refractivity contribution in [2.24, 2.45) is 11.8 Å². The molecule has 3 aliphatic rings. The lowest BCUT2D eigenvalue weighted by molar-refractivity contribution is 0.0721. The molecule has 34 heavy (non-hydrogen) atoms. The van der Waals surface area contributed by atoms with Crippen LogP contribution in [-0.2, 0) is 21.4 Å². The number of nitrogens with one attached hydrogen (secondary N) is 1. The summed E-state index contributed by atoms with van der Waals surface area (Å²) in [5.41, 5.74) is 1.35. The number of nitrogens with zero attached hydrogens (tertiary/aromatic N) is 2. The molecule has 2 aliphatic heterocycles. The Balaban J connectivity index is 1.13. The molecule has 9 heteroatoms. The minimum absolute atomic E-state index is 0.0794. The maximum Gasteiger partial charge on any atom is 0.279 e. The molecule has 0 radical (unpaired) electrons. The molecule has 2 saturated heterocycles. The average Bonchev–Trinajstić information content (AvgIpc) is 2.86. The molecule has 1 aliphatic carbocycles. The maximum atomic E-state index is 12.6. The van der Waals surface area contributed by atoms with Gasteiger partial charge in [0.25, 0.3) is 10.2 Å². The molecule has 1 aromatic carbocycles. The van der Waals surface area contributed by atoms with Gasteiger partial charge in [-0.15, -0.1) is 0 Å². The standard InChI is InChI=1S/C25H40BrN3O4S/c1-32-24-6-7-25(26)22(19-24)18-21-9-12-28(13-10-21)11-8-20-2-4-23(5-3-20)27-34(30,31)29-14-16-33-17-15-29/h6-7,19-21,23,27H,2-5,8-18H2,1H3. The number of likely N-dealkylation sites (tertiary alicyclic amines) is 1. The van der Waals surface area contributed by atoms with Crippen LogP contribution >= 0.6 is 15.9 Å². The van der Waals surface area contributed by atoms with Gasteiger partial charge in [0.2, 0.25) is 0 Å². The second-order valence-corrected chi connectivity index (χ2v) is 12.6. The molecule has 2 heterocycles. The molecule has 4 rings (SSSR count). The number of ether oxygens (including phenoxy) is 2. The van der Waals surface area contributed by atoms with Gasteiger partial charge >= 0.3 is 0 Å². The van der Waals surface area contributed by atoms with Crippen LogP contribution in [0.25, 0.3) is 0 Å². The first-order chi connectivity index (χ1) is 16.4. The number of piperidine rings is 1. The molecule has 7 nitrogen and oxygen atoms in total. The van der Waals surface area contributed by atoms with Gasteiger partial charge < -0.3 is 14.4 Å². The van der Waals surface area contributed by atoms with Gasteiger partial charge in [-0.3, -0.25) is 0 Å². The smallest absolute Gasteiger partial charge is 0.279 e. The Morgan fingerprint density at radius 2 is 1.74 bits per heavy atom. The third-order valence-corrected chi connectivity index (χ3v) is 10.2. The summed E-state index contributed by atoms with van der Waals surface area (Å²) < 4.78 is 41.5. The number of methoxy groups -OCH3 is 1. The van der Waals surface area contributed by atoms with Crippen molar-refractivity contribution in [2.45, 2.75) is 57.4 Å². The van der Waals surface area contributed by atoms with Gasteiger partial charge in [-0.25, -0.2) is 0 Å². The number of morpholine rings is 1. The van der Waals surface area contributed by atoms with Crippen LogP contribution in [0.2, 0.25) is 0 Å². The fourth-order valence-electron chi connectivity index (χ4n) is 5.57. The Bertz CT molecular complexity index is 878. The van der Waals surface area contributed by atoms with Gasteiger partial charge in [0.05, 0.1) is 20.3 Å². The first-order valence-corrected chi connectivity index (χ1v) is 15.1. The number of hydrogen-bond acceptors (Lipinski definition) is 5. The largest absolute Gasteiger partial charge is 0.497 e. The Kier molecular flexibility index (Phi) is 9.69. The molecule has 192 valence electrons. The van der Waals surface area contributed by atoms with E-state index in [1.807, 2.05) is 6.07 Å². The Morgan fingerprint density at radius 3 is 2.41 bits per heavy atom. The van der Waals surface area contributed by atoms with Crippen LogP contribution in [0.5, 0.6) is 5.75 Å². The summed E-state index contributed by atoms with van der Waals surface area (Å²) >= 11 is 3.70. The fourth-order valence-corrected chi connectivity index (χ4v) is 7.41. The highest BCUT2D eigenvalue weighted by atomic mass is 79.9. The van der Waals surface area contributed by atoms with E-state index in [4.69, 9.17) is 9.47 Å². The minimum atomic E-state index is -3.38. The quantitative estimate of drug-likeness (QED) is 0.499. The average molecular weight is 559 g/mol. The zero-order valence-corrected chi connectivity index (χ0v) is 22.8. The van der Waals surface area contributed by atoms with E-state index in [1.54, 1.807) is 7.11 Å². The number of hydrogen-bond donors (Lipinski definition) is 1. The van der Waals surface area contributed by atoms with Crippen LogP contribution in [0.4, 0.5) is 0 Å². The highest BCUT2D eigenvalue weighted by Gasteiger charge is 2.30. The maximum absolute atomic E-state index is 12.6. The van der Waals surface area contributed by atoms with Crippen LogP contribution in [-0.4, -0.2) is 76.7 Å². The van der Waals surface area contributed by atoms with E-state index in [2.05, 4.69) is 37.7 Å². The van der Waals surface area contributed by atoms with Gasteiger partial charge in [0.1, 0.15) is 5.75 Å². The first kappa shape index (κ1) is 26.4. The van der Waals surface area contributed by atoms with Crippen LogP contribution in [0, 0.1) is 11.8 Å². The predicted octanol–water partition coefficient (Wildman–Crippen LogP) is 3.83. The highest BCUT2D eigenvalue weighted by molar-refractivity contribution is 9.10. The van der Waals surface area contributed by atoms with Crippen molar-refractivity contribution in [1.29, 1.82) is 0 Å². The summed E-state index contributed by atoms with van der Waals surface area (Å²) in [6.07, 6.45) is 8.98. The molecule has 0 bridgehead atoms. The van der Waals surface area contributed by atoms with E-state index in [-0.39, 0.29) is 6.04 Å². The molecule has 1 saturated carbocycles. The van der Waals surface area contributed by atoms with Gasteiger partial charge in [-0.1, -0.05) is 15.9 Å². The monoisotopic (exact) mass is 557 g/mol. The fraction of sp³-hybridized carbons (Fsp3) is 0.760. The summed E-state index contributed by atoms with van der Waals surface area (Å²) in [4.78, 5) is 2.63. The molecular weight excluding hydrogens is 518 g/mol. The number of rotatable bonds is 9. The molecule has 0 amide bonds. The summed E-state index contributed by atoms with van der Waals surface area (Å²) in [7, 11) is -1.66. The molecule has 0 aromatic heterocycles. The molecule has 0 atom stereocenters. The van der Waals surface area contributed by atoms with Crippen molar-refractivity contribution in [3.05, 3.63) is 28.2 Å². The van der Waals surface area contributed by atoms with E-state index < -0.39 is 10.2 Å². The lowest BCUT2D eigenvalue weighted by atomic mass is 9.84. The van der Waals surface area contributed by atoms with E-state index >= 15 is 0 Å². The van der Waals surface area contributed by atoms with Crippen molar-refractivity contribution in [1.82, 2.24) is 13.9 Å². The van der Waals surface area contributed by atoms with Crippen molar-refractivity contribution >= 4 is 26.1 Å². The van der Waals surface area contributed by atoms with Crippen molar-refractivity contribution in [3.8, 4) is 5.75 Å². The highest BCUT2D eigenvalue weighted by Crippen LogP contribution is 2.31. The third kappa shape index (κ3) is 7.40. The minimum Gasteiger partial charge on any atom is -0.497 e. The SMILES string of the molecule is COc1ccc(Br)c(CC2CCN(CCC3CCC(NS(=O)(=O)N4CCOCC4)CC3)CC2)c1. The number of halogens is 1. The topological polar surface area (TPSA) is 71.1 Å². The third-order valence-electron chi connectivity index (χ3n) is 7.79. The van der Waals surface area contributed by atoms with Crippen LogP contribution in [0.3, 0.4) is 0 Å². The zero-order chi connectivity index (χ0) is 24.0. The van der Waals surface area contributed by atoms with Crippen LogP contribution in [0.1, 0.15) is 50.5 Å². The van der Waals surface area contributed by atoms with E-state index in [9.17, 15) is 8.42 Å². The Hall–Kier alpha value is -0.710. The summed E-state index contributed by atoms with van der Waals surface area (Å²) in [6, 6.07) is 6.33. The van der Waals surface area contributed by atoms with Crippen molar-refractivity contribution < 1.29 is 17.9 Å². The lowest BCUT2D eigenvalue weighted by Gasteiger charge is -2.35. The summed E-state index contributed by atoms with van der Waals surface area (Å²) in [5, 5.41) is 0. The number of benzene rings is 1. The Labute approximate surface area is 213 Å². The van der Waals surface area contributed by atoms with E-state index in [0.29, 0.717) is 26.3 Å². The van der Waals surface area contributed by atoms with Crippen LogP contribution in [0.15, 0.2) is 22.7 Å². The van der Waals surface area contributed by atoms with Gasteiger partial charge in [-0.2, -0.15) is 17.4 Å². The second kappa shape index (κ2) is 12.5. The molecular formula is C25H40BrN3O4S. The second-order valence-electron chi connectivity index (χ2n) is 10.1. The predicted molar refractivity (Wildman–Crippen MR) is 138 cm³/mol. The zero-order valence-electron chi connectivity index (χ0n) is 20.4. The van der Waals surface area contributed by atoms with Gasteiger partial charge in [0, 0.05) is 23.6 Å².